The molecule has 0 fully saturated rings. The number of hydrogen-bond acceptors (Lipinski definition) is 5. The van der Waals surface area contributed by atoms with E-state index in [2.05, 4.69) is 9.97 Å². The number of rotatable bonds is 5. The van der Waals surface area contributed by atoms with Crippen LogP contribution in [-0.4, -0.2) is 30.4 Å². The van der Waals surface area contributed by atoms with E-state index in [9.17, 15) is 13.6 Å². The number of hydrogen-bond donors (Lipinski definition) is 1. The first-order chi connectivity index (χ1) is 9.08. The van der Waals surface area contributed by atoms with Crippen LogP contribution in [0.3, 0.4) is 0 Å². The van der Waals surface area contributed by atoms with Gasteiger partial charge >= 0.3 is 0 Å². The molecular weight excluding hydrogens is 266 g/mol. The van der Waals surface area contributed by atoms with Crippen molar-refractivity contribution in [1.29, 1.82) is 0 Å². The molecule has 0 aliphatic rings. The number of carbonyl (C=O) groups excluding carboxylic acids is 1. The molecule has 0 aliphatic carbocycles. The Kier molecular flexibility index (Phi) is 4.18. The number of aryl methyl sites for hydroxylation is 1. The van der Waals surface area contributed by atoms with Crippen molar-refractivity contribution >= 4 is 27.9 Å². The lowest BCUT2D eigenvalue weighted by atomic mass is 10.1. The van der Waals surface area contributed by atoms with E-state index in [1.54, 1.807) is 18.5 Å². The van der Waals surface area contributed by atoms with Gasteiger partial charge in [-0.05, 0) is 24.5 Å². The average molecular weight is 278 g/mol. The molecule has 1 unspecified atom stereocenters. The number of fused-ring (bicyclic) bond motifs is 1. The maximum absolute atomic E-state index is 11.1. The molecule has 0 spiro atoms. The van der Waals surface area contributed by atoms with Crippen molar-refractivity contribution in [2.75, 3.05) is 5.75 Å². The van der Waals surface area contributed by atoms with Crippen LogP contribution in [0.4, 0.5) is 0 Å². The van der Waals surface area contributed by atoms with Gasteiger partial charge in [-0.25, -0.2) is 0 Å². The molecule has 1 atom stereocenters. The number of pyridine rings is 2. The Labute approximate surface area is 112 Å². The summed E-state index contributed by atoms with van der Waals surface area (Å²) in [4.78, 5) is 19.3. The third-order valence-corrected chi connectivity index (χ3v) is 3.36. The zero-order chi connectivity index (χ0) is 13.8. The zero-order valence-electron chi connectivity index (χ0n) is 10.0. The molecule has 2 rings (SSSR count). The Morgan fingerprint density at radius 2 is 2.16 bits per heavy atom. The quantitative estimate of drug-likeness (QED) is 0.803. The SMILES string of the molecule is NC(=O)c1cnc2cncc(CCCS(=O)[O-])c2c1. The van der Waals surface area contributed by atoms with Gasteiger partial charge in [0.15, 0.2) is 0 Å². The van der Waals surface area contributed by atoms with Crippen molar-refractivity contribution in [2.24, 2.45) is 5.73 Å². The molecule has 0 saturated carbocycles. The van der Waals surface area contributed by atoms with E-state index in [1.165, 1.54) is 6.20 Å². The molecule has 2 aromatic rings. The lowest BCUT2D eigenvalue weighted by Gasteiger charge is -2.07. The van der Waals surface area contributed by atoms with Crippen LogP contribution in [0.1, 0.15) is 22.3 Å². The molecule has 0 aliphatic heterocycles. The van der Waals surface area contributed by atoms with Crippen LogP contribution < -0.4 is 5.73 Å². The molecule has 0 radical (unpaired) electrons. The minimum absolute atomic E-state index is 0.0966. The van der Waals surface area contributed by atoms with Crippen LogP contribution in [0.25, 0.3) is 10.9 Å². The van der Waals surface area contributed by atoms with Crippen LogP contribution in [-0.2, 0) is 17.5 Å². The van der Waals surface area contributed by atoms with Crippen LogP contribution in [0.5, 0.6) is 0 Å². The molecule has 7 heteroatoms. The summed E-state index contributed by atoms with van der Waals surface area (Å²) >= 11 is -2.04. The van der Waals surface area contributed by atoms with Crippen molar-refractivity contribution in [3.63, 3.8) is 0 Å². The minimum Gasteiger partial charge on any atom is -0.772 e. The maximum atomic E-state index is 11.1. The Morgan fingerprint density at radius 1 is 1.37 bits per heavy atom. The summed E-state index contributed by atoms with van der Waals surface area (Å²) in [6.07, 6.45) is 5.71. The molecule has 100 valence electrons. The zero-order valence-corrected chi connectivity index (χ0v) is 10.9. The van der Waals surface area contributed by atoms with Gasteiger partial charge in [-0.3, -0.25) is 19.0 Å². The third-order valence-electron chi connectivity index (χ3n) is 2.73. The highest BCUT2D eigenvalue weighted by molar-refractivity contribution is 7.79. The lowest BCUT2D eigenvalue weighted by molar-refractivity contribution is 0.1000. The topological polar surface area (TPSA) is 109 Å². The van der Waals surface area contributed by atoms with E-state index < -0.39 is 17.0 Å². The number of amides is 1. The average Bonchev–Trinajstić information content (AvgIpc) is 2.38. The van der Waals surface area contributed by atoms with Gasteiger partial charge in [0.1, 0.15) is 0 Å². The van der Waals surface area contributed by atoms with Crippen molar-refractivity contribution in [1.82, 2.24) is 9.97 Å². The lowest BCUT2D eigenvalue weighted by Crippen LogP contribution is -2.11. The second-order valence-electron chi connectivity index (χ2n) is 4.06. The van der Waals surface area contributed by atoms with E-state index in [-0.39, 0.29) is 5.75 Å². The van der Waals surface area contributed by atoms with E-state index in [4.69, 9.17) is 5.73 Å². The van der Waals surface area contributed by atoms with Crippen molar-refractivity contribution < 1.29 is 13.6 Å². The highest BCUT2D eigenvalue weighted by Gasteiger charge is 2.07. The van der Waals surface area contributed by atoms with Crippen LogP contribution >= 0.6 is 0 Å². The molecular formula is C12H12N3O3S-. The van der Waals surface area contributed by atoms with E-state index in [0.29, 0.717) is 23.9 Å². The van der Waals surface area contributed by atoms with Gasteiger partial charge in [0, 0.05) is 23.5 Å². The van der Waals surface area contributed by atoms with Gasteiger partial charge in [0.05, 0.1) is 17.3 Å². The Bertz CT molecular complexity index is 645. The Hall–Kier alpha value is -1.86. The van der Waals surface area contributed by atoms with Crippen molar-refractivity contribution in [3.05, 3.63) is 35.8 Å². The monoisotopic (exact) mass is 278 g/mol. The molecule has 19 heavy (non-hydrogen) atoms. The summed E-state index contributed by atoms with van der Waals surface area (Å²) in [6, 6.07) is 1.66. The molecule has 2 heterocycles. The van der Waals surface area contributed by atoms with E-state index in [1.807, 2.05) is 0 Å². The number of nitrogens with two attached hydrogens (primary N) is 1. The highest BCUT2D eigenvalue weighted by atomic mass is 32.2. The molecule has 0 aromatic carbocycles. The predicted octanol–water partition coefficient (Wildman–Crippen LogP) is 0.540. The summed E-state index contributed by atoms with van der Waals surface area (Å²) in [5.74, 6) is -0.447. The molecule has 2 aromatic heterocycles. The molecule has 6 nitrogen and oxygen atoms in total. The largest absolute Gasteiger partial charge is 0.772 e. The normalized spacial score (nSPS) is 12.5. The van der Waals surface area contributed by atoms with Gasteiger partial charge in [-0.1, -0.05) is 11.1 Å². The maximum Gasteiger partial charge on any atom is 0.250 e. The summed E-state index contributed by atoms with van der Waals surface area (Å²) < 4.78 is 21.0. The minimum atomic E-state index is -2.04. The van der Waals surface area contributed by atoms with Crippen molar-refractivity contribution in [3.8, 4) is 0 Å². The number of nitrogens with zero attached hydrogens (tertiary/aromatic N) is 2. The smallest absolute Gasteiger partial charge is 0.250 e. The fraction of sp³-hybridized carbons (Fsp3) is 0.250. The van der Waals surface area contributed by atoms with Crippen LogP contribution in [0.15, 0.2) is 24.7 Å². The first-order valence-corrected chi connectivity index (χ1v) is 6.90. The van der Waals surface area contributed by atoms with Gasteiger partial charge < -0.3 is 10.3 Å². The second-order valence-corrected chi connectivity index (χ2v) is 5.08. The van der Waals surface area contributed by atoms with Crippen molar-refractivity contribution in [2.45, 2.75) is 12.8 Å². The van der Waals surface area contributed by atoms with Crippen LogP contribution in [0, 0.1) is 0 Å². The first-order valence-electron chi connectivity index (χ1n) is 5.66. The van der Waals surface area contributed by atoms with Gasteiger partial charge in [-0.15, -0.1) is 0 Å². The Morgan fingerprint density at radius 3 is 2.84 bits per heavy atom. The predicted molar refractivity (Wildman–Crippen MR) is 70.2 cm³/mol. The number of primary amides is 1. The first kappa shape index (κ1) is 13.6. The second kappa shape index (κ2) is 5.85. The van der Waals surface area contributed by atoms with E-state index in [0.717, 1.165) is 10.9 Å². The number of aromatic nitrogens is 2. The fourth-order valence-electron chi connectivity index (χ4n) is 1.82. The summed E-state index contributed by atoms with van der Waals surface area (Å²) in [6.45, 7) is 0. The van der Waals surface area contributed by atoms with Crippen LogP contribution in [0.2, 0.25) is 0 Å². The summed E-state index contributed by atoms with van der Waals surface area (Å²) in [5.41, 5.74) is 7.06. The van der Waals surface area contributed by atoms with E-state index >= 15 is 0 Å². The molecule has 0 bridgehead atoms. The number of carbonyl (C=O) groups is 1. The van der Waals surface area contributed by atoms with Gasteiger partial charge in [0.25, 0.3) is 0 Å². The molecule has 0 saturated heterocycles. The van der Waals surface area contributed by atoms with Gasteiger partial charge in [0.2, 0.25) is 5.91 Å². The van der Waals surface area contributed by atoms with Gasteiger partial charge in [-0.2, -0.15) is 0 Å². The third kappa shape index (κ3) is 3.33. The summed E-state index contributed by atoms with van der Waals surface area (Å²) in [7, 11) is 0. The molecule has 2 N–H and O–H groups in total. The Balaban J connectivity index is 2.34. The summed E-state index contributed by atoms with van der Waals surface area (Å²) in [5, 5.41) is 0.781. The highest BCUT2D eigenvalue weighted by Crippen LogP contribution is 2.18. The standard InChI is InChI=1S/C12H13N3O3S/c13-12(16)9-4-10-8(2-1-3-19(17)18)5-14-7-11(10)15-6-9/h4-7H,1-3H2,(H2,13,16)(H,17,18)/p-1. The molecule has 1 amide bonds. The fourth-order valence-corrected chi connectivity index (χ4v) is 2.20.